The largest absolute Gasteiger partial charge is 0.388 e. The van der Waals surface area contributed by atoms with Gasteiger partial charge in [0.2, 0.25) is 5.13 Å². The van der Waals surface area contributed by atoms with Gasteiger partial charge in [0.1, 0.15) is 0 Å². The Morgan fingerprint density at radius 1 is 1.25 bits per heavy atom. The van der Waals surface area contributed by atoms with Crippen LogP contribution in [-0.4, -0.2) is 21.1 Å². The second-order valence-electron chi connectivity index (χ2n) is 5.61. The molecule has 1 unspecified atom stereocenters. The lowest BCUT2D eigenvalue weighted by Crippen LogP contribution is -2.11. The molecule has 0 radical (unpaired) electrons. The first-order chi connectivity index (χ1) is 9.36. The molecule has 1 aromatic carbocycles. The predicted molar refractivity (Wildman–Crippen MR) is 85.1 cm³/mol. The van der Waals surface area contributed by atoms with Crippen LogP contribution in [0.1, 0.15) is 38.0 Å². The summed E-state index contributed by atoms with van der Waals surface area (Å²) in [6, 6.07) is 8.12. The summed E-state index contributed by atoms with van der Waals surface area (Å²) in [5, 5.41) is 18.3. The predicted octanol–water partition coefficient (Wildman–Crippen LogP) is 3.24. The summed E-state index contributed by atoms with van der Waals surface area (Å²) in [5.74, 6) is 0.545. The average Bonchev–Trinajstić information content (AvgIpc) is 2.81. The molecule has 0 aliphatic heterocycles. The number of rotatable bonds is 4. The van der Waals surface area contributed by atoms with Gasteiger partial charge in [-0.15, -0.1) is 10.2 Å². The minimum absolute atomic E-state index is 0.127. The standard InChI is InChI=1S/C14H19N3OS2/c1-14(2,3)10-6-4-9(5-7-10)11(18)8-19-13-17-16-12(15)20-13/h4-7,11,18H,8H2,1-3H3,(H2,15,16). The summed E-state index contributed by atoms with van der Waals surface area (Å²) < 4.78 is 0.785. The Bertz CT molecular complexity index is 561. The highest BCUT2D eigenvalue weighted by Gasteiger charge is 2.15. The maximum Gasteiger partial charge on any atom is 0.203 e. The van der Waals surface area contributed by atoms with E-state index in [4.69, 9.17) is 5.73 Å². The molecule has 20 heavy (non-hydrogen) atoms. The third-order valence-electron chi connectivity index (χ3n) is 2.95. The van der Waals surface area contributed by atoms with Gasteiger partial charge in [-0.1, -0.05) is 68.1 Å². The van der Waals surface area contributed by atoms with Crippen molar-refractivity contribution in [2.24, 2.45) is 0 Å². The summed E-state index contributed by atoms with van der Waals surface area (Å²) in [7, 11) is 0. The van der Waals surface area contributed by atoms with Gasteiger partial charge in [-0.05, 0) is 16.5 Å². The van der Waals surface area contributed by atoms with Crippen LogP contribution in [0.25, 0.3) is 0 Å². The molecule has 6 heteroatoms. The van der Waals surface area contributed by atoms with Crippen LogP contribution < -0.4 is 5.73 Å². The number of hydrogen-bond acceptors (Lipinski definition) is 6. The van der Waals surface area contributed by atoms with Crippen molar-refractivity contribution in [3.05, 3.63) is 35.4 Å². The molecule has 2 aromatic rings. The maximum absolute atomic E-state index is 10.2. The molecule has 108 valence electrons. The Morgan fingerprint density at radius 2 is 1.90 bits per heavy atom. The number of nitrogens with zero attached hydrogens (tertiary/aromatic N) is 2. The number of benzene rings is 1. The molecule has 0 aliphatic carbocycles. The highest BCUT2D eigenvalue weighted by Crippen LogP contribution is 2.29. The molecule has 1 heterocycles. The quantitative estimate of drug-likeness (QED) is 0.848. The number of anilines is 1. The number of nitrogens with two attached hydrogens (primary N) is 1. The zero-order chi connectivity index (χ0) is 14.8. The fourth-order valence-corrected chi connectivity index (χ4v) is 3.36. The van der Waals surface area contributed by atoms with Gasteiger partial charge in [0, 0.05) is 5.75 Å². The van der Waals surface area contributed by atoms with Crippen LogP contribution in [0.5, 0.6) is 0 Å². The topological polar surface area (TPSA) is 72.0 Å². The summed E-state index contributed by atoms with van der Waals surface area (Å²) >= 11 is 2.81. The van der Waals surface area contributed by atoms with Crippen molar-refractivity contribution in [2.45, 2.75) is 36.6 Å². The maximum atomic E-state index is 10.2. The van der Waals surface area contributed by atoms with Crippen molar-refractivity contribution in [3.63, 3.8) is 0 Å². The second-order valence-corrected chi connectivity index (χ2v) is 7.88. The van der Waals surface area contributed by atoms with Crippen molar-refractivity contribution in [1.29, 1.82) is 0 Å². The van der Waals surface area contributed by atoms with E-state index in [-0.39, 0.29) is 5.41 Å². The van der Waals surface area contributed by atoms with Crippen molar-refractivity contribution < 1.29 is 5.11 Å². The fraction of sp³-hybridized carbons (Fsp3) is 0.429. The van der Waals surface area contributed by atoms with E-state index in [1.165, 1.54) is 28.7 Å². The molecular formula is C14H19N3OS2. The smallest absolute Gasteiger partial charge is 0.203 e. The van der Waals surface area contributed by atoms with E-state index in [0.717, 1.165) is 9.90 Å². The van der Waals surface area contributed by atoms with Crippen LogP contribution in [0.15, 0.2) is 28.6 Å². The van der Waals surface area contributed by atoms with Crippen molar-refractivity contribution in [2.75, 3.05) is 11.5 Å². The van der Waals surface area contributed by atoms with E-state index in [9.17, 15) is 5.11 Å². The summed E-state index contributed by atoms with van der Waals surface area (Å²) in [4.78, 5) is 0. The minimum atomic E-state index is -0.515. The van der Waals surface area contributed by atoms with E-state index < -0.39 is 6.10 Å². The Balaban J connectivity index is 1.97. The molecule has 3 N–H and O–H groups in total. The minimum Gasteiger partial charge on any atom is -0.388 e. The average molecular weight is 309 g/mol. The fourth-order valence-electron chi connectivity index (χ4n) is 1.73. The van der Waals surface area contributed by atoms with Crippen LogP contribution in [0.2, 0.25) is 0 Å². The molecule has 0 spiro atoms. The number of aliphatic hydroxyl groups excluding tert-OH is 1. The molecule has 2 rings (SSSR count). The van der Waals surface area contributed by atoms with Gasteiger partial charge in [0.15, 0.2) is 4.34 Å². The van der Waals surface area contributed by atoms with E-state index in [2.05, 4.69) is 43.1 Å². The summed E-state index contributed by atoms with van der Waals surface area (Å²) in [6.45, 7) is 6.52. The van der Waals surface area contributed by atoms with Crippen molar-refractivity contribution >= 4 is 28.2 Å². The van der Waals surface area contributed by atoms with E-state index in [1.807, 2.05) is 12.1 Å². The van der Waals surface area contributed by atoms with E-state index >= 15 is 0 Å². The zero-order valence-corrected chi connectivity index (χ0v) is 13.5. The lowest BCUT2D eigenvalue weighted by molar-refractivity contribution is 0.204. The first-order valence-electron chi connectivity index (χ1n) is 6.36. The normalized spacial score (nSPS) is 13.4. The van der Waals surface area contributed by atoms with Crippen molar-refractivity contribution in [1.82, 2.24) is 10.2 Å². The Kier molecular flexibility index (Phi) is 4.67. The molecule has 4 nitrogen and oxygen atoms in total. The lowest BCUT2D eigenvalue weighted by atomic mass is 9.86. The molecule has 0 amide bonds. The number of aliphatic hydroxyl groups is 1. The SMILES string of the molecule is CC(C)(C)c1ccc(C(O)CSc2nnc(N)s2)cc1. The highest BCUT2D eigenvalue weighted by molar-refractivity contribution is 8.01. The van der Waals surface area contributed by atoms with Gasteiger partial charge < -0.3 is 10.8 Å². The van der Waals surface area contributed by atoms with Crippen molar-refractivity contribution in [3.8, 4) is 0 Å². The van der Waals surface area contributed by atoms with Gasteiger partial charge >= 0.3 is 0 Å². The number of hydrogen-bond donors (Lipinski definition) is 2. The monoisotopic (exact) mass is 309 g/mol. The summed E-state index contributed by atoms with van der Waals surface area (Å²) in [5.41, 5.74) is 7.83. The first-order valence-corrected chi connectivity index (χ1v) is 8.17. The van der Waals surface area contributed by atoms with Crippen LogP contribution >= 0.6 is 23.1 Å². The number of nitrogen functional groups attached to an aromatic ring is 1. The van der Waals surface area contributed by atoms with Gasteiger partial charge in [-0.3, -0.25) is 0 Å². The molecule has 1 aromatic heterocycles. The molecule has 0 fully saturated rings. The zero-order valence-electron chi connectivity index (χ0n) is 11.8. The Morgan fingerprint density at radius 3 is 2.40 bits per heavy atom. The molecular weight excluding hydrogens is 290 g/mol. The second kappa shape index (κ2) is 6.11. The third-order valence-corrected chi connectivity index (χ3v) is 4.91. The molecule has 0 saturated carbocycles. The molecule has 1 atom stereocenters. The lowest BCUT2D eigenvalue weighted by Gasteiger charge is -2.20. The van der Waals surface area contributed by atoms with Gasteiger partial charge in [-0.25, -0.2) is 0 Å². The van der Waals surface area contributed by atoms with Crippen LogP contribution in [-0.2, 0) is 5.41 Å². The highest BCUT2D eigenvalue weighted by atomic mass is 32.2. The number of aromatic nitrogens is 2. The number of thioether (sulfide) groups is 1. The third kappa shape index (κ3) is 3.94. The van der Waals surface area contributed by atoms with Crippen LogP contribution in [0.4, 0.5) is 5.13 Å². The Labute approximate surface area is 127 Å². The summed E-state index contributed by atoms with van der Waals surface area (Å²) in [6.07, 6.45) is -0.515. The van der Waals surface area contributed by atoms with Gasteiger partial charge in [0.25, 0.3) is 0 Å². The van der Waals surface area contributed by atoms with Crippen LogP contribution in [0, 0.1) is 0 Å². The molecule has 0 aliphatic rings. The van der Waals surface area contributed by atoms with Gasteiger partial charge in [-0.2, -0.15) is 0 Å². The van der Waals surface area contributed by atoms with Crippen LogP contribution in [0.3, 0.4) is 0 Å². The molecule has 0 saturated heterocycles. The first kappa shape index (κ1) is 15.3. The van der Waals surface area contributed by atoms with E-state index in [0.29, 0.717) is 10.9 Å². The molecule has 0 bridgehead atoms. The Hall–Kier alpha value is -1.11. The van der Waals surface area contributed by atoms with Gasteiger partial charge in [0.05, 0.1) is 6.10 Å². The van der Waals surface area contributed by atoms with E-state index in [1.54, 1.807) is 0 Å².